The molecule has 6 nitrogen and oxygen atoms in total. The molecule has 2 amide bonds. The molecule has 0 spiro atoms. The lowest BCUT2D eigenvalue weighted by molar-refractivity contribution is 0.0889. The molecule has 1 heterocycles. The number of thiazole rings is 1. The summed E-state index contributed by atoms with van der Waals surface area (Å²) in [5.41, 5.74) is 3.56. The summed E-state index contributed by atoms with van der Waals surface area (Å²) < 4.78 is 5.77. The average Bonchev–Trinajstić information content (AvgIpc) is 3.34. The van der Waals surface area contributed by atoms with Gasteiger partial charge in [0.15, 0.2) is 0 Å². The molecular formula is C29H35N3O3S. The van der Waals surface area contributed by atoms with Crippen molar-refractivity contribution in [2.24, 2.45) is 0 Å². The molecule has 1 aliphatic rings. The minimum atomic E-state index is -0.153. The molecule has 0 radical (unpaired) electrons. The second kappa shape index (κ2) is 11.2. The molecular weight excluding hydrogens is 470 g/mol. The van der Waals surface area contributed by atoms with E-state index in [1.807, 2.05) is 55.5 Å². The fourth-order valence-corrected chi connectivity index (χ4v) is 4.98. The lowest BCUT2D eigenvalue weighted by Gasteiger charge is -2.29. The Morgan fingerprint density at radius 1 is 0.917 bits per heavy atom. The van der Waals surface area contributed by atoms with Crippen LogP contribution in [0.2, 0.25) is 0 Å². The molecule has 1 saturated carbocycles. The highest BCUT2D eigenvalue weighted by atomic mass is 32.1. The maximum Gasteiger partial charge on any atom is 0.270 e. The first-order valence-corrected chi connectivity index (χ1v) is 13.4. The van der Waals surface area contributed by atoms with Crippen LogP contribution in [0.1, 0.15) is 83.4 Å². The standard InChI is InChI=1S/C29H35N3O3S/c1-19-5-15-24(16-6-19)35-17-26-32-25(18-36-26)28(34)31-23-13-11-22(12-14-23)30-27(33)20-7-9-21(10-8-20)29(2,3)4/h5-10,15-16,18,22-23H,11-14,17H2,1-4H3,(H,30,33)(H,31,34). The minimum Gasteiger partial charge on any atom is -0.486 e. The van der Waals surface area contributed by atoms with Gasteiger partial charge in [-0.05, 0) is 67.9 Å². The van der Waals surface area contributed by atoms with E-state index in [1.54, 1.807) is 5.38 Å². The lowest BCUT2D eigenvalue weighted by atomic mass is 9.86. The Morgan fingerprint density at radius 3 is 2.08 bits per heavy atom. The predicted molar refractivity (Wildman–Crippen MR) is 144 cm³/mol. The highest BCUT2D eigenvalue weighted by Crippen LogP contribution is 2.23. The van der Waals surface area contributed by atoms with Gasteiger partial charge in [-0.2, -0.15) is 0 Å². The summed E-state index contributed by atoms with van der Waals surface area (Å²) in [5, 5.41) is 8.81. The van der Waals surface area contributed by atoms with Crippen LogP contribution in [-0.2, 0) is 12.0 Å². The van der Waals surface area contributed by atoms with E-state index in [0.29, 0.717) is 17.9 Å². The van der Waals surface area contributed by atoms with E-state index in [9.17, 15) is 9.59 Å². The molecule has 4 rings (SSSR count). The third-order valence-corrected chi connectivity index (χ3v) is 7.40. The van der Waals surface area contributed by atoms with Crippen molar-refractivity contribution >= 4 is 23.2 Å². The molecule has 1 aliphatic carbocycles. The number of nitrogens with one attached hydrogen (secondary N) is 2. The summed E-state index contributed by atoms with van der Waals surface area (Å²) in [5.74, 6) is 0.595. The number of benzene rings is 2. The van der Waals surface area contributed by atoms with Crippen LogP contribution in [0.5, 0.6) is 5.75 Å². The SMILES string of the molecule is Cc1ccc(OCc2nc(C(=O)NC3CCC(NC(=O)c4ccc(C(C)(C)C)cc4)CC3)cs2)cc1. The predicted octanol–water partition coefficient (Wildman–Crippen LogP) is 5.80. The van der Waals surface area contributed by atoms with Gasteiger partial charge in [-0.15, -0.1) is 11.3 Å². The molecule has 0 atom stereocenters. The van der Waals surface area contributed by atoms with E-state index in [2.05, 4.69) is 36.4 Å². The second-order valence-electron chi connectivity index (χ2n) is 10.6. The zero-order valence-electron chi connectivity index (χ0n) is 21.5. The van der Waals surface area contributed by atoms with E-state index in [-0.39, 0.29) is 29.3 Å². The van der Waals surface area contributed by atoms with Crippen molar-refractivity contribution in [1.29, 1.82) is 0 Å². The highest BCUT2D eigenvalue weighted by Gasteiger charge is 2.25. The molecule has 2 aromatic carbocycles. The van der Waals surface area contributed by atoms with Crippen LogP contribution >= 0.6 is 11.3 Å². The molecule has 0 saturated heterocycles. The van der Waals surface area contributed by atoms with Crippen molar-refractivity contribution < 1.29 is 14.3 Å². The molecule has 36 heavy (non-hydrogen) atoms. The summed E-state index contributed by atoms with van der Waals surface area (Å²) in [6.07, 6.45) is 3.33. The van der Waals surface area contributed by atoms with Gasteiger partial charge in [-0.25, -0.2) is 4.98 Å². The molecule has 3 aromatic rings. The zero-order chi connectivity index (χ0) is 25.7. The van der Waals surface area contributed by atoms with Crippen molar-refractivity contribution in [3.63, 3.8) is 0 Å². The van der Waals surface area contributed by atoms with Crippen molar-refractivity contribution in [2.45, 2.75) is 77.5 Å². The van der Waals surface area contributed by atoms with Crippen LogP contribution in [0.3, 0.4) is 0 Å². The number of ether oxygens (including phenoxy) is 1. The molecule has 0 aliphatic heterocycles. The number of hydrogen-bond acceptors (Lipinski definition) is 5. The third kappa shape index (κ3) is 6.94. The Hall–Kier alpha value is -3.19. The van der Waals surface area contributed by atoms with Gasteiger partial charge in [0.1, 0.15) is 23.1 Å². The first-order valence-electron chi connectivity index (χ1n) is 12.5. The number of rotatable bonds is 7. The van der Waals surface area contributed by atoms with Gasteiger partial charge in [0, 0.05) is 23.0 Å². The number of aryl methyl sites for hydroxylation is 1. The summed E-state index contributed by atoms with van der Waals surface area (Å²) in [6, 6.07) is 15.9. The van der Waals surface area contributed by atoms with Crippen LogP contribution < -0.4 is 15.4 Å². The van der Waals surface area contributed by atoms with E-state index in [0.717, 1.165) is 36.4 Å². The molecule has 1 aromatic heterocycles. The summed E-state index contributed by atoms with van der Waals surface area (Å²) in [7, 11) is 0. The second-order valence-corrected chi connectivity index (χ2v) is 11.5. The summed E-state index contributed by atoms with van der Waals surface area (Å²) in [4.78, 5) is 29.8. The molecule has 0 unspecified atom stereocenters. The van der Waals surface area contributed by atoms with E-state index in [4.69, 9.17) is 4.74 Å². The van der Waals surface area contributed by atoms with Crippen molar-refractivity contribution in [3.8, 4) is 5.75 Å². The lowest BCUT2D eigenvalue weighted by Crippen LogP contribution is -2.43. The van der Waals surface area contributed by atoms with Gasteiger partial charge in [0.25, 0.3) is 11.8 Å². The van der Waals surface area contributed by atoms with Gasteiger partial charge in [0.2, 0.25) is 0 Å². The summed E-state index contributed by atoms with van der Waals surface area (Å²) in [6.45, 7) is 8.85. The fraction of sp³-hybridized carbons (Fsp3) is 0.414. The average molecular weight is 506 g/mol. The number of aromatic nitrogens is 1. The molecule has 0 bridgehead atoms. The monoisotopic (exact) mass is 505 g/mol. The van der Waals surface area contributed by atoms with Gasteiger partial charge in [-0.3, -0.25) is 9.59 Å². The topological polar surface area (TPSA) is 80.3 Å². The molecule has 2 N–H and O–H groups in total. The van der Waals surface area contributed by atoms with Gasteiger partial charge in [-0.1, -0.05) is 50.6 Å². The number of carbonyl (C=O) groups is 2. The Morgan fingerprint density at radius 2 is 1.50 bits per heavy atom. The van der Waals surface area contributed by atoms with Crippen molar-refractivity contribution in [2.75, 3.05) is 0 Å². The number of hydrogen-bond donors (Lipinski definition) is 2. The maximum atomic E-state index is 12.7. The van der Waals surface area contributed by atoms with Crippen LogP contribution in [0.4, 0.5) is 0 Å². The Kier molecular flexibility index (Phi) is 8.09. The normalized spacial score (nSPS) is 17.9. The van der Waals surface area contributed by atoms with Gasteiger partial charge in [0.05, 0.1) is 0 Å². The van der Waals surface area contributed by atoms with Crippen LogP contribution in [0.15, 0.2) is 53.9 Å². The summed E-state index contributed by atoms with van der Waals surface area (Å²) >= 11 is 1.43. The van der Waals surface area contributed by atoms with Gasteiger partial charge >= 0.3 is 0 Å². The molecule has 1 fully saturated rings. The molecule has 7 heteroatoms. The third-order valence-electron chi connectivity index (χ3n) is 6.58. The fourth-order valence-electron chi connectivity index (χ4n) is 4.29. The first kappa shape index (κ1) is 25.9. The number of amides is 2. The van der Waals surface area contributed by atoms with Crippen molar-refractivity contribution in [3.05, 3.63) is 81.3 Å². The first-order chi connectivity index (χ1) is 17.2. The van der Waals surface area contributed by atoms with Crippen molar-refractivity contribution in [1.82, 2.24) is 15.6 Å². The van der Waals surface area contributed by atoms with Crippen LogP contribution in [0.25, 0.3) is 0 Å². The Labute approximate surface area is 217 Å². The quantitative estimate of drug-likeness (QED) is 0.425. The van der Waals surface area contributed by atoms with E-state index < -0.39 is 0 Å². The van der Waals surface area contributed by atoms with Gasteiger partial charge < -0.3 is 15.4 Å². The van der Waals surface area contributed by atoms with Crippen LogP contribution in [0, 0.1) is 6.92 Å². The molecule has 190 valence electrons. The Balaban J connectivity index is 1.21. The minimum absolute atomic E-state index is 0.0363. The maximum absolute atomic E-state index is 12.7. The smallest absolute Gasteiger partial charge is 0.270 e. The van der Waals surface area contributed by atoms with Crippen LogP contribution in [-0.4, -0.2) is 28.9 Å². The number of carbonyl (C=O) groups excluding carboxylic acids is 2. The van der Waals surface area contributed by atoms with E-state index in [1.165, 1.54) is 22.5 Å². The zero-order valence-corrected chi connectivity index (χ0v) is 22.3. The Bertz CT molecular complexity index is 1170. The number of nitrogens with zero attached hydrogens (tertiary/aromatic N) is 1. The van der Waals surface area contributed by atoms with E-state index >= 15 is 0 Å². The largest absolute Gasteiger partial charge is 0.486 e. The highest BCUT2D eigenvalue weighted by molar-refractivity contribution is 7.09.